The minimum atomic E-state index is -2.04. The maximum absolute atomic E-state index is 13.9. The highest BCUT2D eigenvalue weighted by atomic mass is 16.8. The minimum absolute atomic E-state index is 0.0698. The predicted molar refractivity (Wildman–Crippen MR) is 148 cm³/mol. The average molecular weight is 611 g/mol. The lowest BCUT2D eigenvalue weighted by atomic mass is 9.44. The Morgan fingerprint density at radius 3 is 2.21 bits per heavy atom. The fourth-order valence-corrected chi connectivity index (χ4v) is 8.88. The molecule has 242 valence electrons. The van der Waals surface area contributed by atoms with E-state index in [1.807, 2.05) is 0 Å². The Hall–Kier alpha value is -2.25. The molecule has 0 spiro atoms. The Labute approximate surface area is 251 Å². The number of aliphatic hydroxyl groups excluding tert-OH is 3. The van der Waals surface area contributed by atoms with Crippen LogP contribution in [0, 0.1) is 22.7 Å². The Balaban J connectivity index is 1.79. The first-order valence-electron chi connectivity index (χ1n) is 15.3. The highest BCUT2D eigenvalue weighted by Crippen LogP contribution is 2.65. The fraction of sp³-hybridized carbons (Fsp3) is 0.839. The molecule has 0 radical (unpaired) electrons. The molecule has 2 bridgehead atoms. The van der Waals surface area contributed by atoms with Gasteiger partial charge >= 0.3 is 18.1 Å². The van der Waals surface area contributed by atoms with E-state index in [0.717, 1.165) is 26.4 Å². The van der Waals surface area contributed by atoms with Gasteiger partial charge in [-0.05, 0) is 30.9 Å². The van der Waals surface area contributed by atoms with Crippen LogP contribution in [0.15, 0.2) is 11.1 Å². The Bertz CT molecular complexity index is 1180. The second-order valence-corrected chi connectivity index (χ2v) is 13.9. The lowest BCUT2D eigenvalue weighted by Crippen LogP contribution is -2.82. The second kappa shape index (κ2) is 11.0. The summed E-state index contributed by atoms with van der Waals surface area (Å²) in [4.78, 5) is 39.1. The van der Waals surface area contributed by atoms with Crippen molar-refractivity contribution in [3.63, 3.8) is 0 Å². The van der Waals surface area contributed by atoms with Gasteiger partial charge in [0.25, 0.3) is 0 Å². The van der Waals surface area contributed by atoms with Crippen molar-refractivity contribution in [2.45, 2.75) is 127 Å². The number of aliphatic hydroxyl groups is 4. The van der Waals surface area contributed by atoms with Crippen LogP contribution in [0.2, 0.25) is 0 Å². The molecule has 0 aromatic heterocycles. The number of carbonyl (C=O) groups is 3. The average Bonchev–Trinajstić information content (AvgIpc) is 2.95. The van der Waals surface area contributed by atoms with Crippen molar-refractivity contribution in [3.05, 3.63) is 11.1 Å². The molecule has 4 aliphatic carbocycles. The smallest absolute Gasteiger partial charge is 0.459 e. The number of methoxy groups -OCH3 is 1. The van der Waals surface area contributed by atoms with Gasteiger partial charge < -0.3 is 44.1 Å². The largest absolute Gasteiger partial charge is 0.508 e. The monoisotopic (exact) mass is 610 g/mol. The number of hydrogen-bond acceptors (Lipinski definition) is 12. The van der Waals surface area contributed by atoms with E-state index in [2.05, 4.69) is 0 Å². The van der Waals surface area contributed by atoms with Gasteiger partial charge in [-0.1, -0.05) is 40.0 Å². The lowest BCUT2D eigenvalue weighted by molar-refractivity contribution is -0.365. The Morgan fingerprint density at radius 1 is 1.00 bits per heavy atom. The van der Waals surface area contributed by atoms with Crippen LogP contribution in [0.3, 0.4) is 0 Å². The summed E-state index contributed by atoms with van der Waals surface area (Å²) in [5.74, 6) is -2.98. The molecule has 10 atom stereocenters. The molecule has 4 N–H and O–H groups in total. The van der Waals surface area contributed by atoms with Gasteiger partial charge in [0, 0.05) is 30.6 Å². The SMILES string of the molecule is COC(=O)O[C@@]12CO[C@@H]1C[C@H](O)[C@@]1(C)C(O)[C@H](OC(C)=O)C3=C(C)[C@@H](O)C[C@@](O)([C@@H](OC(=O)C4CCCCC4)C12)C3(C)C. The molecule has 0 aromatic rings. The molecule has 43 heavy (non-hydrogen) atoms. The van der Waals surface area contributed by atoms with Crippen molar-refractivity contribution in [1.82, 2.24) is 0 Å². The molecule has 1 heterocycles. The third-order valence-corrected chi connectivity index (χ3v) is 11.5. The standard InChI is InChI=1S/C31H46O12/c1-15-18(33)13-31(38)25(42-26(36)17-10-8-7-9-11-17)23-29(5,24(35)22(41-16(2)32)21(15)28(31,3)4)19(34)12-20-30(23,14-40-20)43-27(37)39-6/h17-20,22-25,33-35,38H,7-14H2,1-6H3/t18-,19-,20+,22+,23?,24?,25-,29+,30-,31+/m0/s1. The number of hydrogen-bond donors (Lipinski definition) is 4. The molecule has 3 saturated carbocycles. The quantitative estimate of drug-likeness (QED) is 0.207. The van der Waals surface area contributed by atoms with Gasteiger partial charge in [0.2, 0.25) is 0 Å². The zero-order valence-corrected chi connectivity index (χ0v) is 25.8. The summed E-state index contributed by atoms with van der Waals surface area (Å²) in [5.41, 5.74) is -6.02. The van der Waals surface area contributed by atoms with Crippen molar-refractivity contribution < 1.29 is 58.5 Å². The van der Waals surface area contributed by atoms with Crippen LogP contribution >= 0.6 is 0 Å². The normalized spacial score (nSPS) is 44.0. The van der Waals surface area contributed by atoms with Gasteiger partial charge in [0.15, 0.2) is 11.7 Å². The molecule has 12 nitrogen and oxygen atoms in total. The van der Waals surface area contributed by atoms with Crippen molar-refractivity contribution in [2.24, 2.45) is 22.7 Å². The van der Waals surface area contributed by atoms with Gasteiger partial charge in [-0.15, -0.1) is 0 Å². The first-order valence-corrected chi connectivity index (χ1v) is 15.3. The van der Waals surface area contributed by atoms with Crippen LogP contribution in [0.5, 0.6) is 0 Å². The molecular weight excluding hydrogens is 564 g/mol. The molecule has 0 amide bonds. The first-order chi connectivity index (χ1) is 20.1. The molecular formula is C31H46O12. The van der Waals surface area contributed by atoms with Crippen molar-refractivity contribution >= 4 is 18.1 Å². The van der Waals surface area contributed by atoms with E-state index in [1.54, 1.807) is 27.7 Å². The van der Waals surface area contributed by atoms with Crippen LogP contribution in [-0.2, 0) is 33.3 Å². The van der Waals surface area contributed by atoms with Gasteiger partial charge in [0.1, 0.15) is 23.9 Å². The van der Waals surface area contributed by atoms with Crippen molar-refractivity contribution in [1.29, 1.82) is 0 Å². The lowest BCUT2D eigenvalue weighted by Gasteiger charge is -2.68. The zero-order chi connectivity index (χ0) is 31.7. The summed E-state index contributed by atoms with van der Waals surface area (Å²) < 4.78 is 28.7. The summed E-state index contributed by atoms with van der Waals surface area (Å²) >= 11 is 0. The Morgan fingerprint density at radius 2 is 1.65 bits per heavy atom. The number of fused-ring (bicyclic) bond motifs is 5. The number of ether oxygens (including phenoxy) is 5. The van der Waals surface area contributed by atoms with E-state index in [1.165, 1.54) is 6.92 Å². The number of esters is 2. The molecule has 12 heteroatoms. The maximum Gasteiger partial charge on any atom is 0.508 e. The van der Waals surface area contributed by atoms with E-state index in [-0.39, 0.29) is 25.0 Å². The van der Waals surface area contributed by atoms with Crippen molar-refractivity contribution in [3.8, 4) is 0 Å². The minimum Gasteiger partial charge on any atom is -0.459 e. The molecule has 1 aliphatic heterocycles. The molecule has 0 aromatic carbocycles. The highest BCUT2D eigenvalue weighted by molar-refractivity contribution is 5.73. The van der Waals surface area contributed by atoms with E-state index in [0.29, 0.717) is 18.4 Å². The summed E-state index contributed by atoms with van der Waals surface area (Å²) in [6, 6.07) is 0. The van der Waals surface area contributed by atoms with Crippen molar-refractivity contribution in [2.75, 3.05) is 13.7 Å². The van der Waals surface area contributed by atoms with Crippen LogP contribution in [0.1, 0.15) is 79.6 Å². The van der Waals surface area contributed by atoms with Crippen LogP contribution < -0.4 is 0 Å². The highest BCUT2D eigenvalue weighted by Gasteiger charge is 2.78. The molecule has 4 fully saturated rings. The van der Waals surface area contributed by atoms with E-state index in [9.17, 15) is 34.8 Å². The van der Waals surface area contributed by atoms with E-state index < -0.39 is 88.6 Å². The number of rotatable bonds is 4. The molecule has 2 unspecified atom stereocenters. The van der Waals surface area contributed by atoms with Crippen LogP contribution in [0.4, 0.5) is 4.79 Å². The summed E-state index contributed by atoms with van der Waals surface area (Å²) in [5, 5.41) is 48.4. The molecule has 1 saturated heterocycles. The maximum atomic E-state index is 13.9. The third kappa shape index (κ3) is 4.62. The second-order valence-electron chi connectivity index (χ2n) is 13.9. The summed E-state index contributed by atoms with van der Waals surface area (Å²) in [6.45, 7) is 7.57. The zero-order valence-electron chi connectivity index (χ0n) is 25.8. The van der Waals surface area contributed by atoms with Crippen LogP contribution in [-0.4, -0.2) is 100 Å². The van der Waals surface area contributed by atoms with Gasteiger partial charge in [0.05, 0.1) is 37.8 Å². The Kier molecular flexibility index (Phi) is 8.21. The van der Waals surface area contributed by atoms with Gasteiger partial charge in [-0.2, -0.15) is 0 Å². The number of carbonyl (C=O) groups excluding carboxylic acids is 3. The molecule has 5 aliphatic rings. The summed E-state index contributed by atoms with van der Waals surface area (Å²) in [7, 11) is 1.14. The first kappa shape index (κ1) is 32.2. The molecule has 5 rings (SSSR count). The van der Waals surface area contributed by atoms with Gasteiger partial charge in [-0.3, -0.25) is 9.59 Å². The van der Waals surface area contributed by atoms with E-state index >= 15 is 0 Å². The van der Waals surface area contributed by atoms with E-state index in [4.69, 9.17) is 23.7 Å². The topological polar surface area (TPSA) is 178 Å². The van der Waals surface area contributed by atoms with Gasteiger partial charge in [-0.25, -0.2) is 4.79 Å². The summed E-state index contributed by atoms with van der Waals surface area (Å²) in [6.07, 6.45) is -5.51. The predicted octanol–water partition coefficient (Wildman–Crippen LogP) is 1.93. The fourth-order valence-electron chi connectivity index (χ4n) is 8.88. The van der Waals surface area contributed by atoms with Crippen LogP contribution in [0.25, 0.3) is 0 Å². The third-order valence-electron chi connectivity index (χ3n) is 11.5.